The highest BCUT2D eigenvalue weighted by atomic mass is 19.1. The molecule has 0 bridgehead atoms. The second-order valence-corrected chi connectivity index (χ2v) is 3.40. The number of carboxylic acids is 1. The number of carbonyl (C=O) groups excluding carboxylic acids is 1. The molecule has 0 radical (unpaired) electrons. The minimum absolute atomic E-state index is 0.0454. The monoisotopic (exact) mass is 200 g/mol. The van der Waals surface area contributed by atoms with Crippen LogP contribution >= 0.6 is 0 Å². The van der Waals surface area contributed by atoms with Gasteiger partial charge in [-0.3, -0.25) is 9.69 Å². The van der Waals surface area contributed by atoms with Gasteiger partial charge in [-0.15, -0.1) is 0 Å². The molecule has 14 heavy (non-hydrogen) atoms. The molecule has 1 amide bonds. The van der Waals surface area contributed by atoms with Crippen LogP contribution in [0, 0.1) is 0 Å². The quantitative estimate of drug-likeness (QED) is 0.563. The summed E-state index contributed by atoms with van der Waals surface area (Å²) in [7, 11) is 0. The highest BCUT2D eigenvalue weighted by molar-refractivity contribution is 5.99. The molecule has 76 valence electrons. The van der Waals surface area contributed by atoms with Gasteiger partial charge >= 0.3 is 5.97 Å². The number of aliphatic carboxylic acids is 1. The minimum Gasteiger partial charge on any atom is -0.476 e. The van der Waals surface area contributed by atoms with Crippen LogP contribution in [0.25, 0.3) is 0 Å². The molecule has 0 aromatic heterocycles. The summed E-state index contributed by atoms with van der Waals surface area (Å²) in [5, 5.41) is 8.70. The zero-order valence-electron chi connectivity index (χ0n) is 7.24. The largest absolute Gasteiger partial charge is 0.476 e. The maximum absolute atomic E-state index is 13.1. The van der Waals surface area contributed by atoms with Gasteiger partial charge in [0.2, 0.25) is 5.91 Å². The lowest BCUT2D eigenvalue weighted by Crippen LogP contribution is -2.69. The van der Waals surface area contributed by atoms with Gasteiger partial charge in [0.25, 0.3) is 0 Å². The highest BCUT2D eigenvalue weighted by Gasteiger charge is 2.51. The van der Waals surface area contributed by atoms with Crippen LogP contribution < -0.4 is 5.73 Å². The third-order valence-corrected chi connectivity index (χ3v) is 2.63. The van der Waals surface area contributed by atoms with Gasteiger partial charge in [-0.05, 0) is 6.42 Å². The maximum atomic E-state index is 13.1. The molecule has 6 heteroatoms. The molecule has 1 saturated heterocycles. The van der Waals surface area contributed by atoms with Gasteiger partial charge in [-0.25, -0.2) is 9.18 Å². The number of rotatable bonds is 1. The summed E-state index contributed by atoms with van der Waals surface area (Å²) in [6, 6.07) is -1.01. The summed E-state index contributed by atoms with van der Waals surface area (Å²) in [6.07, 6.45) is 0.444. The summed E-state index contributed by atoms with van der Waals surface area (Å²) < 4.78 is 13.1. The molecule has 0 aromatic rings. The predicted octanol–water partition coefficient (Wildman–Crippen LogP) is -0.416. The molecule has 1 fully saturated rings. The zero-order valence-corrected chi connectivity index (χ0v) is 7.24. The Hall–Kier alpha value is -1.43. The van der Waals surface area contributed by atoms with Gasteiger partial charge in [0.1, 0.15) is 11.9 Å². The molecule has 2 aliphatic heterocycles. The van der Waals surface area contributed by atoms with Gasteiger partial charge in [-0.1, -0.05) is 0 Å². The second-order valence-electron chi connectivity index (χ2n) is 3.40. The molecule has 0 aliphatic carbocycles. The number of amides is 1. The smallest absolute Gasteiger partial charge is 0.355 e. The Labute approximate surface area is 79.0 Å². The lowest BCUT2D eigenvalue weighted by Gasteiger charge is -2.47. The van der Waals surface area contributed by atoms with Crippen molar-refractivity contribution >= 4 is 11.9 Å². The van der Waals surface area contributed by atoms with Gasteiger partial charge in [0.05, 0.1) is 6.04 Å². The Kier molecular flexibility index (Phi) is 1.81. The Bertz CT molecular complexity index is 352. The molecule has 2 aliphatic rings. The summed E-state index contributed by atoms with van der Waals surface area (Å²) in [5.41, 5.74) is 4.92. The van der Waals surface area contributed by atoms with E-state index in [4.69, 9.17) is 10.8 Å². The number of nitrogens with two attached hydrogens (primary N) is 1. The van der Waals surface area contributed by atoms with Crippen molar-refractivity contribution in [2.24, 2.45) is 5.73 Å². The fourth-order valence-corrected chi connectivity index (χ4v) is 1.89. The number of allylic oxidation sites excluding steroid dienone is 1. The predicted molar refractivity (Wildman–Crippen MR) is 43.6 cm³/mol. The van der Waals surface area contributed by atoms with Crippen molar-refractivity contribution in [3.05, 3.63) is 11.5 Å². The lowest BCUT2D eigenvalue weighted by atomic mass is 9.87. The number of β-lactam (4-membered cyclic amide) rings is 1. The third-order valence-electron chi connectivity index (χ3n) is 2.63. The van der Waals surface area contributed by atoms with E-state index in [9.17, 15) is 14.0 Å². The van der Waals surface area contributed by atoms with E-state index in [0.29, 0.717) is 6.42 Å². The van der Waals surface area contributed by atoms with Crippen molar-refractivity contribution in [3.8, 4) is 0 Å². The van der Waals surface area contributed by atoms with E-state index in [0.717, 1.165) is 4.90 Å². The van der Waals surface area contributed by atoms with E-state index in [-0.39, 0.29) is 12.5 Å². The number of carboxylic acid groups (broad SMARTS) is 1. The van der Waals surface area contributed by atoms with Gasteiger partial charge in [0, 0.05) is 6.42 Å². The van der Waals surface area contributed by atoms with Crippen LogP contribution in [0.1, 0.15) is 12.8 Å². The fourth-order valence-electron chi connectivity index (χ4n) is 1.89. The fraction of sp³-hybridized carbons (Fsp3) is 0.500. The maximum Gasteiger partial charge on any atom is 0.355 e. The number of nitrogens with zero attached hydrogens (tertiary/aromatic N) is 1. The first-order valence-corrected chi connectivity index (χ1v) is 4.24. The second kappa shape index (κ2) is 2.78. The molecular weight excluding hydrogens is 191 g/mol. The summed E-state index contributed by atoms with van der Waals surface area (Å²) in [5.74, 6) is -2.66. The average Bonchev–Trinajstić information content (AvgIpc) is 2.15. The molecule has 0 aromatic carbocycles. The lowest BCUT2D eigenvalue weighted by molar-refractivity contribution is -0.153. The van der Waals surface area contributed by atoms with Gasteiger partial charge in [0.15, 0.2) is 5.70 Å². The normalized spacial score (nSPS) is 31.3. The third kappa shape index (κ3) is 0.971. The van der Waals surface area contributed by atoms with Crippen molar-refractivity contribution in [1.82, 2.24) is 4.90 Å². The molecule has 2 unspecified atom stereocenters. The highest BCUT2D eigenvalue weighted by Crippen LogP contribution is 2.35. The molecule has 5 nitrogen and oxygen atoms in total. The van der Waals surface area contributed by atoms with Crippen molar-refractivity contribution in [2.75, 3.05) is 0 Å². The molecule has 3 N–H and O–H groups in total. The van der Waals surface area contributed by atoms with Crippen LogP contribution in [0.3, 0.4) is 0 Å². The van der Waals surface area contributed by atoms with E-state index in [1.165, 1.54) is 0 Å². The van der Waals surface area contributed by atoms with Crippen LogP contribution in [0.15, 0.2) is 11.5 Å². The Balaban J connectivity index is 2.37. The van der Waals surface area contributed by atoms with Crippen LogP contribution in [0.2, 0.25) is 0 Å². The molecule has 0 spiro atoms. The standard InChI is InChI=1S/C8H9FN2O3/c9-3-1-2-4-5(10)7(12)11(4)6(3)8(13)14/h4-5H,1-2,10H2,(H,13,14). The SMILES string of the molecule is NC1C(=O)N2C(C(=O)O)=C(F)CCC12. The molecule has 2 heterocycles. The van der Waals surface area contributed by atoms with E-state index in [2.05, 4.69) is 0 Å². The molecule has 2 atom stereocenters. The van der Waals surface area contributed by atoms with E-state index >= 15 is 0 Å². The molecule has 0 saturated carbocycles. The average molecular weight is 200 g/mol. The number of fused-ring (bicyclic) bond motifs is 1. The van der Waals surface area contributed by atoms with Crippen molar-refractivity contribution in [3.63, 3.8) is 0 Å². The number of halogens is 1. The van der Waals surface area contributed by atoms with Crippen LogP contribution in [-0.2, 0) is 9.59 Å². The van der Waals surface area contributed by atoms with E-state index in [1.54, 1.807) is 0 Å². The van der Waals surface area contributed by atoms with E-state index in [1.807, 2.05) is 0 Å². The summed E-state index contributed by atoms with van der Waals surface area (Å²) >= 11 is 0. The summed E-state index contributed by atoms with van der Waals surface area (Å²) in [6.45, 7) is 0. The number of hydrogen-bond acceptors (Lipinski definition) is 3. The topological polar surface area (TPSA) is 83.6 Å². The number of hydrogen-bond donors (Lipinski definition) is 2. The Morgan fingerprint density at radius 1 is 1.64 bits per heavy atom. The van der Waals surface area contributed by atoms with Crippen molar-refractivity contribution in [1.29, 1.82) is 0 Å². The molecular formula is C8H9FN2O3. The Morgan fingerprint density at radius 3 is 2.86 bits per heavy atom. The Morgan fingerprint density at radius 2 is 2.29 bits per heavy atom. The summed E-state index contributed by atoms with van der Waals surface area (Å²) in [4.78, 5) is 22.8. The molecule has 2 rings (SSSR count). The first-order valence-electron chi connectivity index (χ1n) is 4.24. The minimum atomic E-state index is -1.41. The first kappa shape index (κ1) is 9.14. The van der Waals surface area contributed by atoms with Crippen LogP contribution in [0.5, 0.6) is 0 Å². The van der Waals surface area contributed by atoms with Crippen LogP contribution in [0.4, 0.5) is 4.39 Å². The van der Waals surface area contributed by atoms with Gasteiger partial charge in [-0.2, -0.15) is 0 Å². The van der Waals surface area contributed by atoms with E-state index < -0.39 is 29.4 Å². The van der Waals surface area contributed by atoms with Crippen LogP contribution in [-0.4, -0.2) is 34.0 Å². The number of carbonyl (C=O) groups is 2. The van der Waals surface area contributed by atoms with Crippen molar-refractivity contribution in [2.45, 2.75) is 24.9 Å². The van der Waals surface area contributed by atoms with Gasteiger partial charge < -0.3 is 10.8 Å². The first-order chi connectivity index (χ1) is 6.54. The zero-order chi connectivity index (χ0) is 10.5. The van der Waals surface area contributed by atoms with Crippen molar-refractivity contribution < 1.29 is 19.1 Å².